The maximum atomic E-state index is 3.92. The van der Waals surface area contributed by atoms with Crippen molar-refractivity contribution in [2.24, 2.45) is 0 Å². The van der Waals surface area contributed by atoms with E-state index in [0.717, 1.165) is 6.42 Å². The summed E-state index contributed by atoms with van der Waals surface area (Å²) in [4.78, 5) is 3.11. The van der Waals surface area contributed by atoms with Crippen molar-refractivity contribution in [2.75, 3.05) is 0 Å². The molecule has 0 saturated carbocycles. The largest absolute Gasteiger partial charge is 0.144 e. The molecule has 1 aromatic heterocycles. The number of aryl methyl sites for hydroxylation is 2. The first-order valence-corrected chi connectivity index (χ1v) is 8.65. The third-order valence-electron chi connectivity index (χ3n) is 3.72. The van der Waals surface area contributed by atoms with Gasteiger partial charge in [0.1, 0.15) is 0 Å². The van der Waals surface area contributed by atoms with E-state index in [1.54, 1.807) is 0 Å². The van der Waals surface area contributed by atoms with E-state index in [1.165, 1.54) is 31.7 Å². The van der Waals surface area contributed by atoms with Crippen molar-refractivity contribution in [3.8, 4) is 0 Å². The van der Waals surface area contributed by atoms with Gasteiger partial charge in [-0.3, -0.25) is 0 Å². The molecule has 3 aromatic rings. The van der Waals surface area contributed by atoms with Gasteiger partial charge in [0.15, 0.2) is 0 Å². The molecule has 0 bridgehead atoms. The third-order valence-corrected chi connectivity index (χ3v) is 6.27. The minimum Gasteiger partial charge on any atom is -0.144 e. The molecule has 2 heteroatoms. The smallest absolute Gasteiger partial charge is 0.0746 e. The Morgan fingerprint density at radius 3 is 2.60 bits per heavy atom. The predicted octanol–water partition coefficient (Wildman–Crippen LogP) is 6.26. The summed E-state index contributed by atoms with van der Waals surface area (Å²) < 4.78 is 0. The Morgan fingerprint density at radius 1 is 1.05 bits per heavy atom. The van der Waals surface area contributed by atoms with Crippen LogP contribution in [0.5, 0.6) is 0 Å². The van der Waals surface area contributed by atoms with Crippen LogP contribution in [0.2, 0.25) is 0 Å². The Morgan fingerprint density at radius 2 is 1.85 bits per heavy atom. The molecule has 20 heavy (non-hydrogen) atoms. The van der Waals surface area contributed by atoms with E-state index < -0.39 is 0 Å². The summed E-state index contributed by atoms with van der Waals surface area (Å²) in [6, 6.07) is 17.6. The van der Waals surface area contributed by atoms with Gasteiger partial charge >= 0.3 is 0 Å². The van der Waals surface area contributed by atoms with Crippen molar-refractivity contribution >= 4 is 38.0 Å². The molecule has 1 atom stereocenters. The molecule has 1 heterocycles. The zero-order valence-corrected chi connectivity index (χ0v) is 14.1. The van der Waals surface area contributed by atoms with E-state index >= 15 is 0 Å². The first-order valence-electron chi connectivity index (χ1n) is 6.91. The highest BCUT2D eigenvalue weighted by Gasteiger charge is 2.17. The fourth-order valence-corrected chi connectivity index (χ4v) is 4.59. The SMILES string of the molecule is CCc1ccc(C(Br)c2c(C)ccc3ccccc23)s1. The van der Waals surface area contributed by atoms with Crippen LogP contribution in [0.25, 0.3) is 10.8 Å². The van der Waals surface area contributed by atoms with E-state index in [2.05, 4.69) is 78.3 Å². The minimum atomic E-state index is 0.277. The Hall–Kier alpha value is -1.12. The summed E-state index contributed by atoms with van der Waals surface area (Å²) in [7, 11) is 0. The monoisotopic (exact) mass is 344 g/mol. The minimum absolute atomic E-state index is 0.277. The van der Waals surface area contributed by atoms with Gasteiger partial charge in [0.25, 0.3) is 0 Å². The zero-order chi connectivity index (χ0) is 14.1. The highest BCUT2D eigenvalue weighted by Crippen LogP contribution is 2.40. The second-order valence-electron chi connectivity index (χ2n) is 5.04. The van der Waals surface area contributed by atoms with Crippen LogP contribution in [-0.4, -0.2) is 0 Å². The van der Waals surface area contributed by atoms with Gasteiger partial charge in [-0.05, 0) is 47.4 Å². The summed E-state index contributed by atoms with van der Waals surface area (Å²) >= 11 is 5.83. The van der Waals surface area contributed by atoms with Crippen molar-refractivity contribution in [1.82, 2.24) is 0 Å². The second kappa shape index (κ2) is 5.71. The van der Waals surface area contributed by atoms with E-state index in [1.807, 2.05) is 11.3 Å². The molecule has 2 aromatic carbocycles. The van der Waals surface area contributed by atoms with Crippen LogP contribution >= 0.6 is 27.3 Å². The van der Waals surface area contributed by atoms with E-state index in [-0.39, 0.29) is 4.83 Å². The number of hydrogen-bond donors (Lipinski definition) is 0. The molecule has 102 valence electrons. The number of halogens is 1. The zero-order valence-electron chi connectivity index (χ0n) is 11.7. The molecule has 0 aliphatic rings. The Bertz CT molecular complexity index is 742. The third kappa shape index (κ3) is 2.43. The molecule has 0 amide bonds. The number of fused-ring (bicyclic) bond motifs is 1. The second-order valence-corrected chi connectivity index (χ2v) is 7.15. The normalized spacial score (nSPS) is 12.8. The Labute approximate surface area is 132 Å². The van der Waals surface area contributed by atoms with Crippen LogP contribution in [0.15, 0.2) is 48.5 Å². The number of alkyl halides is 1. The fraction of sp³-hybridized carbons (Fsp3) is 0.222. The maximum absolute atomic E-state index is 3.92. The van der Waals surface area contributed by atoms with Gasteiger partial charge < -0.3 is 0 Å². The van der Waals surface area contributed by atoms with Gasteiger partial charge in [0.05, 0.1) is 4.83 Å². The van der Waals surface area contributed by atoms with Crippen molar-refractivity contribution < 1.29 is 0 Å². The van der Waals surface area contributed by atoms with Gasteiger partial charge in [0.2, 0.25) is 0 Å². The van der Waals surface area contributed by atoms with Crippen molar-refractivity contribution in [3.63, 3.8) is 0 Å². The highest BCUT2D eigenvalue weighted by molar-refractivity contribution is 9.09. The van der Waals surface area contributed by atoms with Crippen molar-refractivity contribution in [3.05, 3.63) is 69.4 Å². The number of thiophene rings is 1. The first kappa shape index (κ1) is 13.8. The van der Waals surface area contributed by atoms with Crippen LogP contribution < -0.4 is 0 Å². The molecule has 0 N–H and O–H groups in total. The standard InChI is InChI=1S/C18H17BrS/c1-3-14-10-11-16(20-14)18(19)17-12(2)8-9-13-6-4-5-7-15(13)17/h4-11,18H,3H2,1-2H3. The lowest BCUT2D eigenvalue weighted by molar-refractivity contribution is 1.19. The Kier molecular flexibility index (Phi) is 3.95. The molecule has 0 spiro atoms. The van der Waals surface area contributed by atoms with Crippen LogP contribution in [0, 0.1) is 6.92 Å². The summed E-state index contributed by atoms with van der Waals surface area (Å²) in [6.45, 7) is 4.41. The molecule has 0 nitrogen and oxygen atoms in total. The van der Waals surface area contributed by atoms with Crippen molar-refractivity contribution in [2.45, 2.75) is 25.1 Å². The lowest BCUT2D eigenvalue weighted by Gasteiger charge is -2.15. The number of rotatable bonds is 3. The molecule has 3 rings (SSSR count). The average Bonchev–Trinajstić information content (AvgIpc) is 2.95. The van der Waals surface area contributed by atoms with Gasteiger partial charge in [-0.1, -0.05) is 59.3 Å². The lowest BCUT2D eigenvalue weighted by atomic mass is 9.97. The molecular weight excluding hydrogens is 328 g/mol. The predicted molar refractivity (Wildman–Crippen MR) is 93.2 cm³/mol. The van der Waals surface area contributed by atoms with Crippen LogP contribution in [0.1, 0.15) is 32.6 Å². The van der Waals surface area contributed by atoms with E-state index in [0.29, 0.717) is 0 Å². The maximum Gasteiger partial charge on any atom is 0.0746 e. The summed E-state index contributed by atoms with van der Waals surface area (Å²) in [5, 5.41) is 2.66. The average molecular weight is 345 g/mol. The molecule has 0 fully saturated rings. The lowest BCUT2D eigenvalue weighted by Crippen LogP contribution is -1.95. The highest BCUT2D eigenvalue weighted by atomic mass is 79.9. The Balaban J connectivity index is 2.15. The van der Waals surface area contributed by atoms with Crippen molar-refractivity contribution in [1.29, 1.82) is 0 Å². The topological polar surface area (TPSA) is 0 Å². The molecule has 0 saturated heterocycles. The van der Waals surface area contributed by atoms with Crippen LogP contribution in [-0.2, 0) is 6.42 Å². The molecule has 0 aliphatic carbocycles. The van der Waals surface area contributed by atoms with Crippen LogP contribution in [0.4, 0.5) is 0 Å². The molecule has 0 aliphatic heterocycles. The molecule has 0 radical (unpaired) electrons. The summed E-state index contributed by atoms with van der Waals surface area (Å²) in [5.41, 5.74) is 2.74. The van der Waals surface area contributed by atoms with Gasteiger partial charge in [-0.2, -0.15) is 0 Å². The molecule has 1 unspecified atom stereocenters. The van der Waals surface area contributed by atoms with Gasteiger partial charge in [-0.15, -0.1) is 11.3 Å². The molecular formula is C18H17BrS. The number of benzene rings is 2. The van der Waals surface area contributed by atoms with Crippen LogP contribution in [0.3, 0.4) is 0 Å². The van der Waals surface area contributed by atoms with Gasteiger partial charge in [0, 0.05) is 9.75 Å². The quantitative estimate of drug-likeness (QED) is 0.492. The van der Waals surface area contributed by atoms with E-state index in [4.69, 9.17) is 0 Å². The summed E-state index contributed by atoms with van der Waals surface area (Å²) in [5.74, 6) is 0. The summed E-state index contributed by atoms with van der Waals surface area (Å²) in [6.07, 6.45) is 1.11. The number of hydrogen-bond acceptors (Lipinski definition) is 1. The van der Waals surface area contributed by atoms with Gasteiger partial charge in [-0.25, -0.2) is 0 Å². The first-order chi connectivity index (χ1) is 9.70. The van der Waals surface area contributed by atoms with E-state index in [9.17, 15) is 0 Å². The fourth-order valence-electron chi connectivity index (χ4n) is 2.60.